The van der Waals surface area contributed by atoms with E-state index in [0.29, 0.717) is 17.9 Å². The first-order valence-corrected chi connectivity index (χ1v) is 6.22. The maximum absolute atomic E-state index is 12.2. The van der Waals surface area contributed by atoms with E-state index in [2.05, 4.69) is 23.9 Å². The number of rotatable bonds is 6. The number of benzene rings is 1. The molecule has 0 aliphatic heterocycles. The SMILES string of the molecule is CC1(C)CC1CNCc1ccccc1OC(F)F. The topological polar surface area (TPSA) is 21.3 Å². The van der Waals surface area contributed by atoms with E-state index in [1.165, 1.54) is 6.42 Å². The number of hydrogen-bond acceptors (Lipinski definition) is 2. The molecule has 0 heterocycles. The van der Waals surface area contributed by atoms with Crippen molar-refractivity contribution in [3.8, 4) is 5.75 Å². The molecule has 18 heavy (non-hydrogen) atoms. The fourth-order valence-electron chi connectivity index (χ4n) is 2.17. The summed E-state index contributed by atoms with van der Waals surface area (Å²) in [4.78, 5) is 0. The average molecular weight is 255 g/mol. The van der Waals surface area contributed by atoms with Crippen molar-refractivity contribution in [3.63, 3.8) is 0 Å². The molecule has 0 radical (unpaired) electrons. The van der Waals surface area contributed by atoms with Crippen molar-refractivity contribution in [2.24, 2.45) is 11.3 Å². The van der Waals surface area contributed by atoms with E-state index in [1.807, 2.05) is 12.1 Å². The molecule has 1 aromatic carbocycles. The molecule has 1 unspecified atom stereocenters. The minimum absolute atomic E-state index is 0.259. The van der Waals surface area contributed by atoms with Crippen LogP contribution in [0.1, 0.15) is 25.8 Å². The highest BCUT2D eigenvalue weighted by Crippen LogP contribution is 2.51. The molecule has 0 bridgehead atoms. The predicted octanol–water partition coefficient (Wildman–Crippen LogP) is 3.42. The largest absolute Gasteiger partial charge is 0.434 e. The Morgan fingerprint density at radius 2 is 2.06 bits per heavy atom. The van der Waals surface area contributed by atoms with Crippen LogP contribution in [0.2, 0.25) is 0 Å². The van der Waals surface area contributed by atoms with E-state index in [4.69, 9.17) is 0 Å². The molecular weight excluding hydrogens is 236 g/mol. The molecule has 2 rings (SSSR count). The summed E-state index contributed by atoms with van der Waals surface area (Å²) >= 11 is 0. The van der Waals surface area contributed by atoms with Gasteiger partial charge in [-0.3, -0.25) is 0 Å². The van der Waals surface area contributed by atoms with Crippen molar-refractivity contribution in [1.29, 1.82) is 0 Å². The summed E-state index contributed by atoms with van der Waals surface area (Å²) < 4.78 is 28.9. The van der Waals surface area contributed by atoms with E-state index in [-0.39, 0.29) is 5.75 Å². The molecule has 1 saturated carbocycles. The molecule has 1 N–H and O–H groups in total. The van der Waals surface area contributed by atoms with Gasteiger partial charge in [-0.05, 0) is 30.4 Å². The Bertz CT molecular complexity index is 407. The van der Waals surface area contributed by atoms with Crippen molar-refractivity contribution in [1.82, 2.24) is 5.32 Å². The summed E-state index contributed by atoms with van der Waals surface area (Å²) in [7, 11) is 0. The van der Waals surface area contributed by atoms with Crippen LogP contribution in [0.25, 0.3) is 0 Å². The molecule has 1 fully saturated rings. The van der Waals surface area contributed by atoms with Gasteiger partial charge < -0.3 is 10.1 Å². The second kappa shape index (κ2) is 5.22. The zero-order valence-corrected chi connectivity index (χ0v) is 10.7. The van der Waals surface area contributed by atoms with Crippen LogP contribution in [0.4, 0.5) is 8.78 Å². The molecule has 0 aromatic heterocycles. The van der Waals surface area contributed by atoms with Crippen molar-refractivity contribution in [3.05, 3.63) is 29.8 Å². The molecule has 1 aliphatic rings. The van der Waals surface area contributed by atoms with E-state index < -0.39 is 6.61 Å². The minimum atomic E-state index is -2.77. The second-order valence-electron chi connectivity index (χ2n) is 5.51. The van der Waals surface area contributed by atoms with Gasteiger partial charge >= 0.3 is 6.61 Å². The molecule has 0 saturated heterocycles. The average Bonchev–Trinajstić information content (AvgIpc) is 2.88. The lowest BCUT2D eigenvalue weighted by Crippen LogP contribution is -2.19. The zero-order chi connectivity index (χ0) is 13.2. The van der Waals surface area contributed by atoms with E-state index in [9.17, 15) is 8.78 Å². The third-order valence-corrected chi connectivity index (χ3v) is 3.61. The number of ether oxygens (including phenoxy) is 1. The fraction of sp³-hybridized carbons (Fsp3) is 0.571. The van der Waals surface area contributed by atoms with Crippen LogP contribution in [0.5, 0.6) is 5.75 Å². The minimum Gasteiger partial charge on any atom is -0.434 e. The normalized spacial score (nSPS) is 21.1. The highest BCUT2D eigenvalue weighted by molar-refractivity contribution is 5.33. The van der Waals surface area contributed by atoms with E-state index >= 15 is 0 Å². The Morgan fingerprint density at radius 3 is 2.67 bits per heavy atom. The lowest BCUT2D eigenvalue weighted by Gasteiger charge is -2.11. The van der Waals surface area contributed by atoms with Gasteiger partial charge in [0, 0.05) is 12.1 Å². The molecule has 1 aromatic rings. The Hall–Kier alpha value is -1.16. The van der Waals surface area contributed by atoms with Gasteiger partial charge in [-0.15, -0.1) is 0 Å². The first-order valence-electron chi connectivity index (χ1n) is 6.22. The maximum Gasteiger partial charge on any atom is 0.387 e. The van der Waals surface area contributed by atoms with Crippen molar-refractivity contribution < 1.29 is 13.5 Å². The maximum atomic E-state index is 12.2. The van der Waals surface area contributed by atoms with Crippen molar-refractivity contribution in [2.75, 3.05) is 6.54 Å². The van der Waals surface area contributed by atoms with Crippen LogP contribution in [-0.2, 0) is 6.54 Å². The molecule has 0 spiro atoms. The highest BCUT2D eigenvalue weighted by Gasteiger charge is 2.44. The van der Waals surface area contributed by atoms with Gasteiger partial charge in [0.1, 0.15) is 5.75 Å². The number of alkyl halides is 2. The number of nitrogens with one attached hydrogen (secondary N) is 1. The first-order chi connectivity index (χ1) is 8.49. The third kappa shape index (κ3) is 3.42. The van der Waals surface area contributed by atoms with Crippen LogP contribution < -0.4 is 10.1 Å². The van der Waals surface area contributed by atoms with Crippen molar-refractivity contribution >= 4 is 0 Å². The molecule has 1 aliphatic carbocycles. The summed E-state index contributed by atoms with van der Waals surface area (Å²) in [6, 6.07) is 6.91. The zero-order valence-electron chi connectivity index (χ0n) is 10.7. The van der Waals surface area contributed by atoms with Crippen LogP contribution in [0.15, 0.2) is 24.3 Å². The molecule has 2 nitrogen and oxygen atoms in total. The molecular formula is C14H19F2NO. The first kappa shape index (κ1) is 13.3. The molecule has 0 amide bonds. The van der Waals surface area contributed by atoms with Gasteiger partial charge in [0.15, 0.2) is 0 Å². The van der Waals surface area contributed by atoms with Crippen LogP contribution in [-0.4, -0.2) is 13.2 Å². The Balaban J connectivity index is 1.85. The van der Waals surface area contributed by atoms with Gasteiger partial charge in [-0.25, -0.2) is 0 Å². The van der Waals surface area contributed by atoms with E-state index in [1.54, 1.807) is 12.1 Å². The Morgan fingerprint density at radius 1 is 1.39 bits per heavy atom. The lowest BCUT2D eigenvalue weighted by atomic mass is 10.1. The van der Waals surface area contributed by atoms with Gasteiger partial charge in [-0.2, -0.15) is 8.78 Å². The predicted molar refractivity (Wildman–Crippen MR) is 66.7 cm³/mol. The highest BCUT2D eigenvalue weighted by atomic mass is 19.3. The van der Waals surface area contributed by atoms with E-state index in [0.717, 1.165) is 12.1 Å². The van der Waals surface area contributed by atoms with Crippen molar-refractivity contribution in [2.45, 2.75) is 33.4 Å². The molecule has 100 valence electrons. The van der Waals surface area contributed by atoms with Gasteiger partial charge in [0.05, 0.1) is 0 Å². The van der Waals surface area contributed by atoms with Crippen LogP contribution in [0.3, 0.4) is 0 Å². The third-order valence-electron chi connectivity index (χ3n) is 3.61. The van der Waals surface area contributed by atoms with Gasteiger partial charge in [0.25, 0.3) is 0 Å². The van der Waals surface area contributed by atoms with Crippen LogP contribution in [0, 0.1) is 11.3 Å². The molecule has 1 atom stereocenters. The standard InChI is InChI=1S/C14H19F2NO/c1-14(2)7-11(14)9-17-8-10-5-3-4-6-12(10)18-13(15)16/h3-6,11,13,17H,7-9H2,1-2H3. The molecule has 4 heteroatoms. The summed E-state index contributed by atoms with van der Waals surface area (Å²) in [6.07, 6.45) is 1.23. The summed E-state index contributed by atoms with van der Waals surface area (Å²) in [6.45, 7) is 3.21. The Labute approximate surface area is 106 Å². The summed E-state index contributed by atoms with van der Waals surface area (Å²) in [5, 5.41) is 3.31. The van der Waals surface area contributed by atoms with Gasteiger partial charge in [-0.1, -0.05) is 32.0 Å². The Kier molecular flexibility index (Phi) is 3.85. The monoisotopic (exact) mass is 255 g/mol. The van der Waals surface area contributed by atoms with Crippen LogP contribution >= 0.6 is 0 Å². The lowest BCUT2D eigenvalue weighted by molar-refractivity contribution is -0.0504. The second-order valence-corrected chi connectivity index (χ2v) is 5.51. The number of hydrogen-bond donors (Lipinski definition) is 1. The summed E-state index contributed by atoms with van der Waals surface area (Å²) in [5.41, 5.74) is 1.21. The number of halogens is 2. The smallest absolute Gasteiger partial charge is 0.387 e. The summed E-state index contributed by atoms with van der Waals surface area (Å²) in [5.74, 6) is 0.954. The number of para-hydroxylation sites is 1. The fourth-order valence-corrected chi connectivity index (χ4v) is 2.17. The quantitative estimate of drug-likeness (QED) is 0.841. The van der Waals surface area contributed by atoms with Gasteiger partial charge in [0.2, 0.25) is 0 Å².